The molecule has 0 spiro atoms. The second-order valence-corrected chi connectivity index (χ2v) is 11.3. The maximum Gasteiger partial charge on any atom is 0.265 e. The largest absolute Gasteiger partial charge is 0.286 e. The SMILES string of the molecule is O=S(=O)(O)CCC[n+]1ccc(-c2ccc(-c3cc[n+](CCCS(=O)(=O)O)cc3)s2)cc1. The molecule has 0 unspecified atom stereocenters. The lowest BCUT2D eigenvalue weighted by atomic mass is 10.2. The van der Waals surface area contributed by atoms with Crippen LogP contribution in [-0.4, -0.2) is 37.4 Å². The Bertz CT molecular complexity index is 1120. The van der Waals surface area contributed by atoms with Crippen molar-refractivity contribution in [2.24, 2.45) is 0 Å². The standard InChI is InChI=1S/C20H22N2O6S3/c23-30(24,25)15-1-9-21-11-5-17(6-12-21)19-3-4-20(29-19)18-7-13-22(14-8-18)10-2-16-31(26,27)28/h3-8,11-14H,1-2,9-10,15-16H2/p+2. The lowest BCUT2D eigenvalue weighted by Crippen LogP contribution is -2.33. The molecule has 8 nitrogen and oxygen atoms in total. The van der Waals surface area contributed by atoms with E-state index >= 15 is 0 Å². The number of nitrogens with zero attached hydrogens (tertiary/aromatic N) is 2. The summed E-state index contributed by atoms with van der Waals surface area (Å²) in [6.07, 6.45) is 8.23. The van der Waals surface area contributed by atoms with Crippen molar-refractivity contribution in [3.63, 3.8) is 0 Å². The third-order valence-corrected chi connectivity index (χ3v) is 7.39. The van der Waals surface area contributed by atoms with Gasteiger partial charge in [-0.3, -0.25) is 9.11 Å². The Morgan fingerprint density at radius 2 is 1.00 bits per heavy atom. The van der Waals surface area contributed by atoms with Crippen LogP contribution in [0.15, 0.2) is 61.2 Å². The number of hydrogen-bond donors (Lipinski definition) is 2. The molecule has 0 amide bonds. The molecule has 3 heterocycles. The van der Waals surface area contributed by atoms with E-state index in [2.05, 4.69) is 0 Å². The Balaban J connectivity index is 1.60. The quantitative estimate of drug-likeness (QED) is 0.337. The first-order valence-corrected chi connectivity index (χ1v) is 13.6. The number of pyridine rings is 2. The number of thiophene rings is 1. The van der Waals surface area contributed by atoms with Crippen LogP contribution in [0.25, 0.3) is 20.9 Å². The summed E-state index contributed by atoms with van der Waals surface area (Å²) in [6.45, 7) is 1.01. The summed E-state index contributed by atoms with van der Waals surface area (Å²) in [5, 5.41) is 0. The van der Waals surface area contributed by atoms with E-state index in [1.165, 1.54) is 0 Å². The minimum absolute atomic E-state index is 0.256. The van der Waals surface area contributed by atoms with Crippen LogP contribution in [-0.2, 0) is 33.3 Å². The summed E-state index contributed by atoms with van der Waals surface area (Å²) < 4.78 is 64.5. The zero-order valence-electron chi connectivity index (χ0n) is 16.7. The Labute approximate surface area is 185 Å². The van der Waals surface area contributed by atoms with Crippen molar-refractivity contribution in [2.45, 2.75) is 25.9 Å². The van der Waals surface area contributed by atoms with Gasteiger partial charge in [0, 0.05) is 58.0 Å². The van der Waals surface area contributed by atoms with Crippen molar-refractivity contribution in [1.29, 1.82) is 0 Å². The lowest BCUT2D eigenvalue weighted by Gasteiger charge is -2.00. The number of rotatable bonds is 10. The average molecular weight is 485 g/mol. The van der Waals surface area contributed by atoms with E-state index in [1.54, 1.807) is 11.3 Å². The number of aryl methyl sites for hydroxylation is 2. The van der Waals surface area contributed by atoms with Gasteiger partial charge < -0.3 is 0 Å². The van der Waals surface area contributed by atoms with Crippen molar-refractivity contribution in [3.8, 4) is 20.9 Å². The second kappa shape index (κ2) is 9.96. The second-order valence-electron chi connectivity index (χ2n) is 7.09. The van der Waals surface area contributed by atoms with Crippen LogP contribution in [0.3, 0.4) is 0 Å². The van der Waals surface area contributed by atoms with E-state index in [4.69, 9.17) is 9.11 Å². The molecule has 0 aromatic carbocycles. The topological polar surface area (TPSA) is 117 Å². The molecular formula is C20H24N2O6S3+2. The first-order valence-electron chi connectivity index (χ1n) is 9.58. The minimum atomic E-state index is -3.93. The molecule has 0 fully saturated rings. The smallest absolute Gasteiger partial charge is 0.265 e. The van der Waals surface area contributed by atoms with Gasteiger partial charge in [0.15, 0.2) is 24.8 Å². The van der Waals surface area contributed by atoms with E-state index in [9.17, 15) is 16.8 Å². The molecule has 0 aliphatic heterocycles. The fraction of sp³-hybridized carbons (Fsp3) is 0.300. The summed E-state index contributed by atoms with van der Waals surface area (Å²) in [6, 6.07) is 12.0. The monoisotopic (exact) mass is 484 g/mol. The first kappa shape index (κ1) is 23.5. The molecule has 0 saturated carbocycles. The number of hydrogen-bond acceptors (Lipinski definition) is 5. The van der Waals surface area contributed by atoms with Crippen LogP contribution in [0, 0.1) is 0 Å². The van der Waals surface area contributed by atoms with E-state index in [1.807, 2.05) is 70.3 Å². The Kier molecular flexibility index (Phi) is 7.55. The minimum Gasteiger partial charge on any atom is -0.286 e. The molecule has 0 radical (unpaired) electrons. The van der Waals surface area contributed by atoms with Crippen molar-refractivity contribution < 1.29 is 35.1 Å². The fourth-order valence-electron chi connectivity index (χ4n) is 3.05. The van der Waals surface area contributed by atoms with Gasteiger partial charge in [-0.2, -0.15) is 16.8 Å². The highest BCUT2D eigenvalue weighted by Gasteiger charge is 2.11. The molecule has 0 atom stereocenters. The predicted molar refractivity (Wildman–Crippen MR) is 118 cm³/mol. The van der Waals surface area contributed by atoms with Gasteiger partial charge in [-0.05, 0) is 12.1 Å². The normalized spacial score (nSPS) is 12.2. The molecule has 3 aromatic rings. The van der Waals surface area contributed by atoms with Gasteiger partial charge in [0.1, 0.15) is 13.1 Å². The van der Waals surface area contributed by atoms with Crippen molar-refractivity contribution in [1.82, 2.24) is 0 Å². The molecule has 0 aliphatic carbocycles. The average Bonchev–Trinajstić information content (AvgIpc) is 3.17. The summed E-state index contributed by atoms with van der Waals surface area (Å²) >= 11 is 1.65. The highest BCUT2D eigenvalue weighted by Crippen LogP contribution is 2.33. The molecule has 0 saturated heterocycles. The molecule has 11 heteroatoms. The molecular weight excluding hydrogens is 460 g/mol. The van der Waals surface area contributed by atoms with Crippen LogP contribution in [0.5, 0.6) is 0 Å². The van der Waals surface area contributed by atoms with Crippen molar-refractivity contribution >= 4 is 31.6 Å². The molecule has 0 bridgehead atoms. The van der Waals surface area contributed by atoms with Gasteiger partial charge in [0.2, 0.25) is 0 Å². The first-order chi connectivity index (χ1) is 14.6. The van der Waals surface area contributed by atoms with E-state index in [0.717, 1.165) is 20.9 Å². The molecule has 2 N–H and O–H groups in total. The Morgan fingerprint density at radius 1 is 0.645 bits per heavy atom. The summed E-state index contributed by atoms with van der Waals surface area (Å²) in [7, 11) is -7.86. The third kappa shape index (κ3) is 7.78. The van der Waals surface area contributed by atoms with Crippen LogP contribution in [0.4, 0.5) is 0 Å². The van der Waals surface area contributed by atoms with Crippen molar-refractivity contribution in [2.75, 3.05) is 11.5 Å². The zero-order valence-corrected chi connectivity index (χ0v) is 19.1. The predicted octanol–water partition coefficient (Wildman–Crippen LogP) is 2.21. The molecule has 3 aromatic heterocycles. The lowest BCUT2D eigenvalue weighted by molar-refractivity contribution is -0.696. The van der Waals surface area contributed by atoms with Gasteiger partial charge in [0.05, 0.1) is 11.5 Å². The highest BCUT2D eigenvalue weighted by atomic mass is 32.2. The number of aromatic nitrogens is 2. The van der Waals surface area contributed by atoms with E-state index in [-0.39, 0.29) is 11.5 Å². The van der Waals surface area contributed by atoms with Gasteiger partial charge in [0.25, 0.3) is 20.2 Å². The fourth-order valence-corrected chi connectivity index (χ4v) is 5.05. The van der Waals surface area contributed by atoms with Crippen LogP contribution in [0.2, 0.25) is 0 Å². The summed E-state index contributed by atoms with van der Waals surface area (Å²) in [5.74, 6) is -0.513. The Morgan fingerprint density at radius 3 is 1.32 bits per heavy atom. The zero-order chi connectivity index (χ0) is 22.5. The van der Waals surface area contributed by atoms with Gasteiger partial charge in [-0.1, -0.05) is 0 Å². The van der Waals surface area contributed by atoms with E-state index in [0.29, 0.717) is 25.9 Å². The van der Waals surface area contributed by atoms with Gasteiger partial charge >= 0.3 is 0 Å². The molecule has 3 rings (SSSR count). The maximum absolute atomic E-state index is 10.8. The van der Waals surface area contributed by atoms with Gasteiger partial charge in [-0.15, -0.1) is 11.3 Å². The molecule has 31 heavy (non-hydrogen) atoms. The molecule has 166 valence electrons. The maximum atomic E-state index is 10.8. The highest BCUT2D eigenvalue weighted by molar-refractivity contribution is 7.86. The van der Waals surface area contributed by atoms with Crippen LogP contribution in [0.1, 0.15) is 12.8 Å². The molecule has 0 aliphatic rings. The van der Waals surface area contributed by atoms with E-state index < -0.39 is 20.2 Å². The van der Waals surface area contributed by atoms with Crippen molar-refractivity contribution in [3.05, 3.63) is 61.2 Å². The van der Waals surface area contributed by atoms with Crippen LogP contribution >= 0.6 is 11.3 Å². The summed E-state index contributed by atoms with van der Waals surface area (Å²) in [4.78, 5) is 2.20. The Hall–Kier alpha value is -2.18. The van der Waals surface area contributed by atoms with Crippen LogP contribution < -0.4 is 9.13 Å². The van der Waals surface area contributed by atoms with Gasteiger partial charge in [-0.25, -0.2) is 9.13 Å². The summed E-state index contributed by atoms with van der Waals surface area (Å²) in [5.41, 5.74) is 2.11. The third-order valence-electron chi connectivity index (χ3n) is 4.59.